The smallest absolute Gasteiger partial charge is 0.306 e. The van der Waals surface area contributed by atoms with Gasteiger partial charge in [0.15, 0.2) is 5.96 Å². The van der Waals surface area contributed by atoms with Gasteiger partial charge in [-0.3, -0.25) is 9.79 Å². The Hall–Kier alpha value is -2.10. The van der Waals surface area contributed by atoms with Crippen LogP contribution in [0.5, 0.6) is 0 Å². The number of guanidine groups is 1. The largest absolute Gasteiger partial charge is 0.462 e. The Kier molecular flexibility index (Phi) is 10.7. The van der Waals surface area contributed by atoms with Crippen LogP contribution in [0, 0.1) is 0 Å². The Balaban J connectivity index is 0.00000320. The summed E-state index contributed by atoms with van der Waals surface area (Å²) < 4.78 is 7.32. The zero-order valence-corrected chi connectivity index (χ0v) is 19.9. The standard InChI is InChI=1S/C22H31N5O2.HI/c1-23-22(24-14-4-8-21(28)29-20-6-2-3-7-20)25-16-13-18-9-11-19(12-10-18)27-17-5-15-26-27;/h5,9-12,15,17,20H,2-4,6-8,13-14,16H2,1H3,(H2,23,24,25);1H. The van der Waals surface area contributed by atoms with Crippen LogP contribution in [0.1, 0.15) is 44.1 Å². The molecule has 2 N–H and O–H groups in total. The van der Waals surface area contributed by atoms with Crippen molar-refractivity contribution < 1.29 is 9.53 Å². The quantitative estimate of drug-likeness (QED) is 0.172. The number of esters is 1. The average Bonchev–Trinajstić information content (AvgIpc) is 3.44. The highest BCUT2D eigenvalue weighted by molar-refractivity contribution is 14.0. The maximum atomic E-state index is 11.8. The number of hydrogen-bond acceptors (Lipinski definition) is 4. The van der Waals surface area contributed by atoms with Crippen molar-refractivity contribution in [2.45, 2.75) is 51.0 Å². The van der Waals surface area contributed by atoms with Crippen LogP contribution < -0.4 is 10.6 Å². The van der Waals surface area contributed by atoms with Gasteiger partial charge in [-0.1, -0.05) is 12.1 Å². The summed E-state index contributed by atoms with van der Waals surface area (Å²) >= 11 is 0. The second kappa shape index (κ2) is 13.3. The van der Waals surface area contributed by atoms with E-state index in [4.69, 9.17) is 4.74 Å². The molecule has 0 bridgehead atoms. The summed E-state index contributed by atoms with van der Waals surface area (Å²) in [7, 11) is 1.75. The Morgan fingerprint density at radius 2 is 1.93 bits per heavy atom. The van der Waals surface area contributed by atoms with Gasteiger partial charge in [0.2, 0.25) is 0 Å². The number of rotatable bonds is 9. The third kappa shape index (κ3) is 7.97. The SMILES string of the molecule is CN=C(NCCCC(=O)OC1CCCC1)NCCc1ccc(-n2cccn2)cc1.I. The fourth-order valence-electron chi connectivity index (χ4n) is 3.47. The number of benzene rings is 1. The van der Waals surface area contributed by atoms with E-state index in [1.165, 1.54) is 18.4 Å². The predicted molar refractivity (Wildman–Crippen MR) is 130 cm³/mol. The molecule has 0 amide bonds. The molecule has 1 saturated carbocycles. The van der Waals surface area contributed by atoms with Gasteiger partial charge in [-0.25, -0.2) is 4.68 Å². The van der Waals surface area contributed by atoms with Gasteiger partial charge in [-0.15, -0.1) is 24.0 Å². The second-order valence-corrected chi connectivity index (χ2v) is 7.29. The van der Waals surface area contributed by atoms with Crippen LogP contribution in [0.3, 0.4) is 0 Å². The zero-order chi connectivity index (χ0) is 20.3. The van der Waals surface area contributed by atoms with Crippen LogP contribution in [0.15, 0.2) is 47.7 Å². The molecule has 0 aliphatic heterocycles. The van der Waals surface area contributed by atoms with Gasteiger partial charge in [0.1, 0.15) is 6.10 Å². The number of carbonyl (C=O) groups excluding carboxylic acids is 1. The number of nitrogens with one attached hydrogen (secondary N) is 2. The number of nitrogens with zero attached hydrogens (tertiary/aromatic N) is 3. The van der Waals surface area contributed by atoms with E-state index in [9.17, 15) is 4.79 Å². The van der Waals surface area contributed by atoms with Crippen molar-refractivity contribution in [3.63, 3.8) is 0 Å². The molecule has 0 saturated heterocycles. The number of ether oxygens (including phenoxy) is 1. The average molecular weight is 525 g/mol. The van der Waals surface area contributed by atoms with Crippen molar-refractivity contribution in [1.82, 2.24) is 20.4 Å². The van der Waals surface area contributed by atoms with Crippen LogP contribution in [0.25, 0.3) is 5.69 Å². The molecule has 2 aromatic rings. The molecule has 1 fully saturated rings. The summed E-state index contributed by atoms with van der Waals surface area (Å²) in [5.74, 6) is 0.669. The Bertz CT molecular complexity index is 771. The number of aliphatic imine (C=N–C) groups is 1. The van der Waals surface area contributed by atoms with Gasteiger partial charge in [0, 0.05) is 39.0 Å². The molecule has 1 aliphatic rings. The van der Waals surface area contributed by atoms with Crippen LogP contribution in [-0.2, 0) is 16.0 Å². The van der Waals surface area contributed by atoms with E-state index in [0.29, 0.717) is 13.0 Å². The van der Waals surface area contributed by atoms with E-state index in [1.807, 2.05) is 16.9 Å². The van der Waals surface area contributed by atoms with Gasteiger partial charge < -0.3 is 15.4 Å². The van der Waals surface area contributed by atoms with Crippen molar-refractivity contribution in [2.24, 2.45) is 4.99 Å². The monoisotopic (exact) mass is 525 g/mol. The van der Waals surface area contributed by atoms with Crippen molar-refractivity contribution >= 4 is 35.9 Å². The molecule has 3 rings (SSSR count). The molecule has 1 aliphatic carbocycles. The Morgan fingerprint density at radius 3 is 2.60 bits per heavy atom. The van der Waals surface area contributed by atoms with Crippen molar-refractivity contribution in [3.8, 4) is 5.69 Å². The van der Waals surface area contributed by atoms with E-state index >= 15 is 0 Å². The molecule has 1 heterocycles. The fraction of sp³-hybridized carbons (Fsp3) is 0.500. The number of aromatic nitrogens is 2. The Labute approximate surface area is 195 Å². The van der Waals surface area contributed by atoms with E-state index in [-0.39, 0.29) is 36.0 Å². The first kappa shape index (κ1) is 24.2. The molecule has 164 valence electrons. The summed E-state index contributed by atoms with van der Waals surface area (Å²) in [5, 5.41) is 10.8. The lowest BCUT2D eigenvalue weighted by molar-refractivity contribution is -0.148. The Morgan fingerprint density at radius 1 is 1.20 bits per heavy atom. The molecule has 0 atom stereocenters. The van der Waals surface area contributed by atoms with Crippen molar-refractivity contribution in [3.05, 3.63) is 48.3 Å². The maximum Gasteiger partial charge on any atom is 0.306 e. The number of carbonyl (C=O) groups is 1. The summed E-state index contributed by atoms with van der Waals surface area (Å²) in [4.78, 5) is 16.1. The topological polar surface area (TPSA) is 80.5 Å². The molecule has 1 aromatic heterocycles. The van der Waals surface area contributed by atoms with Gasteiger partial charge in [-0.2, -0.15) is 5.10 Å². The summed E-state index contributed by atoms with van der Waals surface area (Å²) in [6.45, 7) is 1.47. The lowest BCUT2D eigenvalue weighted by Gasteiger charge is -2.13. The molecular weight excluding hydrogens is 493 g/mol. The molecule has 0 unspecified atom stereocenters. The highest BCUT2D eigenvalue weighted by Gasteiger charge is 2.18. The molecule has 8 heteroatoms. The van der Waals surface area contributed by atoms with E-state index in [0.717, 1.165) is 43.9 Å². The minimum atomic E-state index is -0.0831. The van der Waals surface area contributed by atoms with Crippen molar-refractivity contribution in [1.29, 1.82) is 0 Å². The summed E-state index contributed by atoms with van der Waals surface area (Å²) in [5.41, 5.74) is 2.30. The molecule has 1 aromatic carbocycles. The van der Waals surface area contributed by atoms with E-state index in [1.54, 1.807) is 13.2 Å². The normalized spacial score (nSPS) is 14.2. The summed E-state index contributed by atoms with van der Waals surface area (Å²) in [6.07, 6.45) is 10.3. The minimum absolute atomic E-state index is 0. The fourth-order valence-corrected chi connectivity index (χ4v) is 3.47. The van der Waals surface area contributed by atoms with Crippen LogP contribution in [0.2, 0.25) is 0 Å². The van der Waals surface area contributed by atoms with Crippen molar-refractivity contribution in [2.75, 3.05) is 20.1 Å². The van der Waals surface area contributed by atoms with Crippen LogP contribution in [-0.4, -0.2) is 48.0 Å². The summed E-state index contributed by atoms with van der Waals surface area (Å²) in [6, 6.07) is 10.3. The molecule has 30 heavy (non-hydrogen) atoms. The molecular formula is C22H32IN5O2. The molecule has 7 nitrogen and oxygen atoms in total. The first-order valence-corrected chi connectivity index (χ1v) is 10.5. The van der Waals surface area contributed by atoms with E-state index < -0.39 is 0 Å². The minimum Gasteiger partial charge on any atom is -0.462 e. The second-order valence-electron chi connectivity index (χ2n) is 7.29. The van der Waals surface area contributed by atoms with Gasteiger partial charge in [-0.05, 0) is 62.3 Å². The highest BCUT2D eigenvalue weighted by atomic mass is 127. The lowest BCUT2D eigenvalue weighted by Crippen LogP contribution is -2.38. The van der Waals surface area contributed by atoms with Crippen LogP contribution >= 0.6 is 24.0 Å². The molecule has 0 radical (unpaired) electrons. The first-order chi connectivity index (χ1) is 14.2. The molecule has 0 spiro atoms. The zero-order valence-electron chi connectivity index (χ0n) is 17.5. The number of hydrogen-bond donors (Lipinski definition) is 2. The van der Waals surface area contributed by atoms with Gasteiger partial charge in [0.25, 0.3) is 0 Å². The lowest BCUT2D eigenvalue weighted by atomic mass is 10.1. The first-order valence-electron chi connectivity index (χ1n) is 10.5. The van der Waals surface area contributed by atoms with Gasteiger partial charge in [0.05, 0.1) is 5.69 Å². The van der Waals surface area contributed by atoms with Crippen LogP contribution in [0.4, 0.5) is 0 Å². The van der Waals surface area contributed by atoms with Gasteiger partial charge >= 0.3 is 5.97 Å². The highest BCUT2D eigenvalue weighted by Crippen LogP contribution is 2.21. The third-order valence-corrected chi connectivity index (χ3v) is 5.09. The maximum absolute atomic E-state index is 11.8. The van der Waals surface area contributed by atoms with E-state index in [2.05, 4.69) is 45.0 Å². The third-order valence-electron chi connectivity index (χ3n) is 5.09. The predicted octanol–water partition coefficient (Wildman–Crippen LogP) is 3.46. The number of halogens is 1.